The molecule has 26 heavy (non-hydrogen) atoms. The van der Waals surface area contributed by atoms with Crippen LogP contribution >= 0.6 is 24.0 Å². The highest BCUT2D eigenvalue weighted by Crippen LogP contribution is 2.09. The van der Waals surface area contributed by atoms with Gasteiger partial charge in [0.05, 0.1) is 6.54 Å². The van der Waals surface area contributed by atoms with Crippen molar-refractivity contribution in [2.75, 3.05) is 19.6 Å². The number of nitrogens with zero attached hydrogens (tertiary/aromatic N) is 1. The molecular formula is C19H25IN4O2. The van der Waals surface area contributed by atoms with Crippen molar-refractivity contribution >= 4 is 35.8 Å². The molecule has 0 aliphatic heterocycles. The zero-order valence-corrected chi connectivity index (χ0v) is 17.1. The SMILES string of the molecule is CCNC(=NCc1ccccc1)NCCNC(=O)c1ccc(O)cc1.I. The number of nitrogens with one attached hydrogen (secondary N) is 3. The lowest BCUT2D eigenvalue weighted by Crippen LogP contribution is -2.41. The maximum atomic E-state index is 12.0. The van der Waals surface area contributed by atoms with Crippen molar-refractivity contribution < 1.29 is 9.90 Å². The first-order valence-corrected chi connectivity index (χ1v) is 8.32. The van der Waals surface area contributed by atoms with E-state index in [9.17, 15) is 9.90 Å². The predicted molar refractivity (Wildman–Crippen MR) is 115 cm³/mol. The number of hydrogen-bond acceptors (Lipinski definition) is 3. The van der Waals surface area contributed by atoms with Crippen molar-refractivity contribution in [3.05, 3.63) is 65.7 Å². The Bertz CT molecular complexity index is 690. The Morgan fingerprint density at radius 1 is 0.962 bits per heavy atom. The largest absolute Gasteiger partial charge is 0.508 e. The number of guanidine groups is 1. The zero-order chi connectivity index (χ0) is 17.9. The van der Waals surface area contributed by atoms with Crippen LogP contribution in [0.3, 0.4) is 0 Å². The average molecular weight is 468 g/mol. The Labute approximate surface area is 171 Å². The van der Waals surface area contributed by atoms with E-state index in [4.69, 9.17) is 0 Å². The third-order valence-corrected chi connectivity index (χ3v) is 3.44. The van der Waals surface area contributed by atoms with Crippen LogP contribution < -0.4 is 16.0 Å². The summed E-state index contributed by atoms with van der Waals surface area (Å²) in [5.41, 5.74) is 1.66. The fourth-order valence-electron chi connectivity index (χ4n) is 2.17. The molecule has 0 radical (unpaired) electrons. The number of carbonyl (C=O) groups excluding carboxylic acids is 1. The van der Waals surface area contributed by atoms with Gasteiger partial charge in [-0.2, -0.15) is 0 Å². The first-order valence-electron chi connectivity index (χ1n) is 8.32. The molecule has 0 saturated carbocycles. The van der Waals surface area contributed by atoms with E-state index < -0.39 is 0 Å². The monoisotopic (exact) mass is 468 g/mol. The van der Waals surface area contributed by atoms with Crippen LogP contribution in [0.2, 0.25) is 0 Å². The summed E-state index contributed by atoms with van der Waals surface area (Å²) in [6.07, 6.45) is 0. The van der Waals surface area contributed by atoms with Gasteiger partial charge >= 0.3 is 0 Å². The van der Waals surface area contributed by atoms with Crippen LogP contribution in [0.1, 0.15) is 22.8 Å². The Hall–Kier alpha value is -2.29. The highest BCUT2D eigenvalue weighted by atomic mass is 127. The van der Waals surface area contributed by atoms with Crippen molar-refractivity contribution in [2.24, 2.45) is 4.99 Å². The summed E-state index contributed by atoms with van der Waals surface area (Å²) in [6, 6.07) is 16.2. The second-order valence-electron chi connectivity index (χ2n) is 5.41. The van der Waals surface area contributed by atoms with Crippen LogP contribution in [0.5, 0.6) is 5.75 Å². The first kappa shape index (κ1) is 21.8. The summed E-state index contributed by atoms with van der Waals surface area (Å²) >= 11 is 0. The molecule has 0 aromatic heterocycles. The summed E-state index contributed by atoms with van der Waals surface area (Å²) in [5, 5.41) is 18.4. The maximum Gasteiger partial charge on any atom is 0.251 e. The van der Waals surface area contributed by atoms with Gasteiger partial charge in [0.1, 0.15) is 5.75 Å². The molecular weight excluding hydrogens is 443 g/mol. The lowest BCUT2D eigenvalue weighted by molar-refractivity contribution is 0.0954. The van der Waals surface area contributed by atoms with Gasteiger partial charge in [-0.05, 0) is 36.8 Å². The molecule has 2 rings (SSSR count). The third kappa shape index (κ3) is 7.73. The van der Waals surface area contributed by atoms with E-state index in [1.807, 2.05) is 37.3 Å². The summed E-state index contributed by atoms with van der Waals surface area (Å²) in [4.78, 5) is 16.5. The third-order valence-electron chi connectivity index (χ3n) is 3.44. The summed E-state index contributed by atoms with van der Waals surface area (Å²) in [5.74, 6) is 0.682. The van der Waals surface area contributed by atoms with Crippen LogP contribution in [0.4, 0.5) is 0 Å². The van der Waals surface area contributed by atoms with E-state index in [-0.39, 0.29) is 35.6 Å². The van der Waals surface area contributed by atoms with Gasteiger partial charge in [-0.1, -0.05) is 30.3 Å². The van der Waals surface area contributed by atoms with E-state index in [2.05, 4.69) is 20.9 Å². The Balaban J connectivity index is 0.00000338. The molecule has 4 N–H and O–H groups in total. The van der Waals surface area contributed by atoms with Crippen molar-refractivity contribution in [3.8, 4) is 5.75 Å². The molecule has 0 atom stereocenters. The molecule has 7 heteroatoms. The number of aliphatic imine (C=N–C) groups is 1. The standard InChI is InChI=1S/C19H24N4O2.HI/c1-2-20-19(23-14-15-6-4-3-5-7-15)22-13-12-21-18(25)16-8-10-17(24)11-9-16;/h3-11,24H,2,12-14H2,1H3,(H,21,25)(H2,20,22,23);1H. The molecule has 0 aliphatic rings. The smallest absolute Gasteiger partial charge is 0.251 e. The normalized spacial score (nSPS) is 10.6. The number of benzene rings is 2. The number of aromatic hydroxyl groups is 1. The molecule has 0 fully saturated rings. The molecule has 0 aliphatic carbocycles. The second-order valence-corrected chi connectivity index (χ2v) is 5.41. The topological polar surface area (TPSA) is 85.8 Å². The maximum absolute atomic E-state index is 12.0. The number of carbonyl (C=O) groups is 1. The van der Waals surface area contributed by atoms with Gasteiger partial charge in [0.25, 0.3) is 5.91 Å². The predicted octanol–water partition coefficient (Wildman–Crippen LogP) is 2.50. The highest BCUT2D eigenvalue weighted by molar-refractivity contribution is 14.0. The van der Waals surface area contributed by atoms with Gasteiger partial charge < -0.3 is 21.1 Å². The number of phenols is 1. The minimum atomic E-state index is -0.173. The van der Waals surface area contributed by atoms with E-state index in [0.717, 1.165) is 12.1 Å². The van der Waals surface area contributed by atoms with E-state index in [1.165, 1.54) is 12.1 Å². The van der Waals surface area contributed by atoms with Crippen LogP contribution in [0.25, 0.3) is 0 Å². The van der Waals surface area contributed by atoms with E-state index >= 15 is 0 Å². The van der Waals surface area contributed by atoms with Crippen molar-refractivity contribution in [2.45, 2.75) is 13.5 Å². The Morgan fingerprint density at radius 2 is 1.62 bits per heavy atom. The highest BCUT2D eigenvalue weighted by Gasteiger charge is 2.04. The zero-order valence-electron chi connectivity index (χ0n) is 14.7. The Kier molecular flexibility index (Phi) is 10.1. The lowest BCUT2D eigenvalue weighted by Gasteiger charge is -2.12. The number of halogens is 1. The van der Waals surface area contributed by atoms with Crippen molar-refractivity contribution in [1.29, 1.82) is 0 Å². The van der Waals surface area contributed by atoms with Crippen molar-refractivity contribution in [3.63, 3.8) is 0 Å². The minimum absolute atomic E-state index is 0. The van der Waals surface area contributed by atoms with Gasteiger partial charge in [-0.3, -0.25) is 4.79 Å². The summed E-state index contributed by atoms with van der Waals surface area (Å²) < 4.78 is 0. The molecule has 140 valence electrons. The molecule has 2 aromatic rings. The van der Waals surface area contributed by atoms with Crippen LogP contribution in [-0.2, 0) is 6.54 Å². The van der Waals surface area contributed by atoms with Crippen molar-refractivity contribution in [1.82, 2.24) is 16.0 Å². The first-order chi connectivity index (χ1) is 12.2. The molecule has 2 aromatic carbocycles. The summed E-state index contributed by atoms with van der Waals surface area (Å²) in [7, 11) is 0. The van der Waals surface area contributed by atoms with Gasteiger partial charge in [0.15, 0.2) is 5.96 Å². The van der Waals surface area contributed by atoms with Crippen LogP contribution in [0.15, 0.2) is 59.6 Å². The molecule has 0 spiro atoms. The number of hydrogen-bond donors (Lipinski definition) is 4. The average Bonchev–Trinajstić information content (AvgIpc) is 2.64. The molecule has 1 amide bonds. The number of amides is 1. The van der Waals surface area contributed by atoms with E-state index in [1.54, 1.807) is 12.1 Å². The Morgan fingerprint density at radius 3 is 2.27 bits per heavy atom. The molecule has 0 unspecified atom stereocenters. The lowest BCUT2D eigenvalue weighted by atomic mass is 10.2. The molecule has 0 saturated heterocycles. The second kappa shape index (κ2) is 12.1. The van der Waals surface area contributed by atoms with Gasteiger partial charge in [-0.15, -0.1) is 24.0 Å². The number of rotatable bonds is 7. The molecule has 0 bridgehead atoms. The van der Waals surface area contributed by atoms with Crippen LogP contribution in [0, 0.1) is 0 Å². The fraction of sp³-hybridized carbons (Fsp3) is 0.263. The molecule has 0 heterocycles. The van der Waals surface area contributed by atoms with Gasteiger partial charge in [0, 0.05) is 25.2 Å². The quantitative estimate of drug-likeness (QED) is 0.218. The van der Waals surface area contributed by atoms with E-state index in [0.29, 0.717) is 31.2 Å². The summed E-state index contributed by atoms with van der Waals surface area (Å²) in [6.45, 7) is 4.39. The van der Waals surface area contributed by atoms with Gasteiger partial charge in [0.2, 0.25) is 0 Å². The van der Waals surface area contributed by atoms with Crippen LogP contribution in [-0.4, -0.2) is 36.6 Å². The molecule has 6 nitrogen and oxygen atoms in total. The van der Waals surface area contributed by atoms with Gasteiger partial charge in [-0.25, -0.2) is 4.99 Å². The minimum Gasteiger partial charge on any atom is -0.508 e. The fourth-order valence-corrected chi connectivity index (χ4v) is 2.17. The number of phenolic OH excluding ortho intramolecular Hbond substituents is 1.